The summed E-state index contributed by atoms with van der Waals surface area (Å²) >= 11 is 0. The fourth-order valence-electron chi connectivity index (χ4n) is 4.91. The molecule has 38 heavy (non-hydrogen) atoms. The molecule has 1 saturated heterocycles. The smallest absolute Gasteiger partial charge is 0.258 e. The van der Waals surface area contributed by atoms with Crippen LogP contribution in [0.5, 0.6) is 5.88 Å². The van der Waals surface area contributed by atoms with Crippen LogP contribution in [0.3, 0.4) is 0 Å². The molecule has 2 aromatic heterocycles. The van der Waals surface area contributed by atoms with Gasteiger partial charge in [0, 0.05) is 30.9 Å². The molecule has 0 saturated carbocycles. The lowest BCUT2D eigenvalue weighted by molar-refractivity contribution is -0.0586. The molecule has 196 valence electrons. The fourth-order valence-corrected chi connectivity index (χ4v) is 4.91. The van der Waals surface area contributed by atoms with Gasteiger partial charge in [-0.25, -0.2) is 14.4 Å². The van der Waals surface area contributed by atoms with Crippen molar-refractivity contribution < 1.29 is 18.7 Å². The predicted octanol–water partition coefficient (Wildman–Crippen LogP) is 4.82. The Hall–Kier alpha value is -4.11. The summed E-state index contributed by atoms with van der Waals surface area (Å²) in [6.45, 7) is 8.48. The molecule has 2 aromatic carbocycles. The molecule has 9 heteroatoms. The van der Waals surface area contributed by atoms with E-state index < -0.39 is 6.10 Å². The maximum Gasteiger partial charge on any atom is 0.258 e. The Morgan fingerprint density at radius 1 is 1.16 bits per heavy atom. The first-order chi connectivity index (χ1) is 18.2. The SMILES string of the molecule is Cc1nc2cc(-c3cccc(F)c3)c([C@H](C)Oc3ccc(C(=O)N4C[C@@H](C)O[C@@H](C)C4)cn3)cc2c(=O)[nH]1. The molecule has 0 radical (unpaired) electrons. The number of benzene rings is 2. The van der Waals surface area contributed by atoms with Crippen molar-refractivity contribution in [3.63, 3.8) is 0 Å². The highest BCUT2D eigenvalue weighted by Crippen LogP contribution is 2.33. The normalized spacial score (nSPS) is 18.4. The Morgan fingerprint density at radius 3 is 2.61 bits per heavy atom. The van der Waals surface area contributed by atoms with E-state index in [1.165, 1.54) is 18.3 Å². The highest BCUT2D eigenvalue weighted by atomic mass is 19.1. The average Bonchev–Trinajstić information content (AvgIpc) is 2.87. The number of H-pyrrole nitrogens is 1. The largest absolute Gasteiger partial charge is 0.470 e. The van der Waals surface area contributed by atoms with E-state index in [2.05, 4.69) is 15.0 Å². The maximum atomic E-state index is 14.1. The molecule has 3 atom stereocenters. The van der Waals surface area contributed by atoms with E-state index in [9.17, 15) is 14.0 Å². The monoisotopic (exact) mass is 516 g/mol. The molecule has 1 aliphatic heterocycles. The topological polar surface area (TPSA) is 97.4 Å². The van der Waals surface area contributed by atoms with E-state index in [-0.39, 0.29) is 29.5 Å². The third-order valence-corrected chi connectivity index (χ3v) is 6.56. The van der Waals surface area contributed by atoms with Gasteiger partial charge < -0.3 is 19.4 Å². The van der Waals surface area contributed by atoms with Crippen molar-refractivity contribution in [3.8, 4) is 17.0 Å². The van der Waals surface area contributed by atoms with Crippen molar-refractivity contribution in [2.24, 2.45) is 0 Å². The van der Waals surface area contributed by atoms with Crippen molar-refractivity contribution >= 4 is 16.8 Å². The summed E-state index contributed by atoms with van der Waals surface area (Å²) in [5.74, 6) is 0.329. The van der Waals surface area contributed by atoms with Crippen LogP contribution in [0.15, 0.2) is 59.5 Å². The number of halogens is 1. The number of nitrogens with one attached hydrogen (secondary N) is 1. The molecule has 3 heterocycles. The van der Waals surface area contributed by atoms with Crippen molar-refractivity contribution in [2.75, 3.05) is 13.1 Å². The van der Waals surface area contributed by atoms with Gasteiger partial charge in [0.05, 0.1) is 28.7 Å². The second kappa shape index (κ2) is 10.3. The number of hydrogen-bond acceptors (Lipinski definition) is 6. The van der Waals surface area contributed by atoms with E-state index in [4.69, 9.17) is 9.47 Å². The highest BCUT2D eigenvalue weighted by Gasteiger charge is 2.27. The van der Waals surface area contributed by atoms with Gasteiger partial charge in [0.1, 0.15) is 17.7 Å². The number of rotatable bonds is 5. The first kappa shape index (κ1) is 25.5. The minimum absolute atomic E-state index is 0.0281. The lowest BCUT2D eigenvalue weighted by Gasteiger charge is -2.35. The molecular weight excluding hydrogens is 487 g/mol. The third kappa shape index (κ3) is 5.28. The van der Waals surface area contributed by atoms with Gasteiger partial charge in [-0.05, 0) is 69.2 Å². The Bertz CT molecular complexity index is 1540. The Balaban J connectivity index is 1.44. The van der Waals surface area contributed by atoms with Gasteiger partial charge in [-0.15, -0.1) is 0 Å². The van der Waals surface area contributed by atoms with Crippen molar-refractivity contribution in [1.82, 2.24) is 19.9 Å². The van der Waals surface area contributed by atoms with Crippen molar-refractivity contribution in [3.05, 3.63) is 87.9 Å². The summed E-state index contributed by atoms with van der Waals surface area (Å²) in [7, 11) is 0. The predicted molar refractivity (Wildman–Crippen MR) is 142 cm³/mol. The molecule has 1 amide bonds. The molecule has 1 N–H and O–H groups in total. The third-order valence-electron chi connectivity index (χ3n) is 6.56. The number of fused-ring (bicyclic) bond motifs is 1. The molecule has 4 aromatic rings. The van der Waals surface area contributed by atoms with Gasteiger partial charge in [-0.3, -0.25) is 9.59 Å². The molecule has 0 bridgehead atoms. The standard InChI is InChI=1S/C29H29FN4O4/c1-16-14-34(15-17(2)37-16)29(36)21-8-9-27(31-13-21)38-18(3)23-11-25-26(32-19(4)33-28(25)35)12-24(23)20-6-5-7-22(30)10-20/h5-13,16-18H,14-15H2,1-4H3,(H,32,33,35)/t16-,17+,18-/m0/s1. The fraction of sp³-hybridized carbons (Fsp3) is 0.310. The van der Waals surface area contributed by atoms with E-state index in [1.54, 1.807) is 48.2 Å². The summed E-state index contributed by atoms with van der Waals surface area (Å²) in [6, 6.07) is 13.1. The molecule has 0 aliphatic carbocycles. The van der Waals surface area contributed by atoms with Crippen LogP contribution in [0.1, 0.15) is 48.6 Å². The summed E-state index contributed by atoms with van der Waals surface area (Å²) in [6.07, 6.45) is 0.897. The van der Waals surface area contributed by atoms with Crippen LogP contribution in [0.4, 0.5) is 4.39 Å². The lowest BCUT2D eigenvalue weighted by atomic mass is 9.94. The van der Waals surface area contributed by atoms with Crippen LogP contribution in [0.2, 0.25) is 0 Å². The van der Waals surface area contributed by atoms with Gasteiger partial charge >= 0.3 is 0 Å². The molecule has 8 nitrogen and oxygen atoms in total. The molecule has 1 fully saturated rings. The zero-order valence-corrected chi connectivity index (χ0v) is 21.7. The van der Waals surface area contributed by atoms with Crippen LogP contribution >= 0.6 is 0 Å². The van der Waals surface area contributed by atoms with Gasteiger partial charge in [0.25, 0.3) is 11.5 Å². The first-order valence-corrected chi connectivity index (χ1v) is 12.6. The van der Waals surface area contributed by atoms with E-state index >= 15 is 0 Å². The highest BCUT2D eigenvalue weighted by molar-refractivity contribution is 5.94. The molecule has 0 unspecified atom stereocenters. The number of carbonyl (C=O) groups excluding carboxylic acids is 1. The van der Waals surface area contributed by atoms with Gasteiger partial charge in [0.2, 0.25) is 5.88 Å². The van der Waals surface area contributed by atoms with Gasteiger partial charge in [0.15, 0.2) is 0 Å². The first-order valence-electron chi connectivity index (χ1n) is 12.6. The number of hydrogen-bond donors (Lipinski definition) is 1. The lowest BCUT2D eigenvalue weighted by Crippen LogP contribution is -2.48. The number of aryl methyl sites for hydroxylation is 1. The molecule has 0 spiro atoms. The second-order valence-corrected chi connectivity index (χ2v) is 9.73. The maximum absolute atomic E-state index is 14.1. The Labute approximate surface area is 219 Å². The van der Waals surface area contributed by atoms with Crippen LogP contribution in [-0.2, 0) is 4.74 Å². The second-order valence-electron chi connectivity index (χ2n) is 9.73. The quantitative estimate of drug-likeness (QED) is 0.408. The van der Waals surface area contributed by atoms with Crippen molar-refractivity contribution in [1.29, 1.82) is 0 Å². The van der Waals surface area contributed by atoms with E-state index in [0.29, 0.717) is 58.0 Å². The number of morpholine rings is 1. The number of ether oxygens (including phenoxy) is 2. The number of amides is 1. The zero-order chi connectivity index (χ0) is 27.0. The van der Waals surface area contributed by atoms with Gasteiger partial charge in [-0.1, -0.05) is 12.1 Å². The number of nitrogens with zero attached hydrogens (tertiary/aromatic N) is 3. The summed E-state index contributed by atoms with van der Waals surface area (Å²) in [4.78, 5) is 38.9. The van der Waals surface area contributed by atoms with Crippen molar-refractivity contribution in [2.45, 2.75) is 46.0 Å². The zero-order valence-electron chi connectivity index (χ0n) is 21.7. The van der Waals surface area contributed by atoms with Crippen LogP contribution in [0.25, 0.3) is 22.0 Å². The van der Waals surface area contributed by atoms with Crippen LogP contribution in [0, 0.1) is 12.7 Å². The van der Waals surface area contributed by atoms with Crippen LogP contribution in [-0.4, -0.2) is 51.1 Å². The van der Waals surface area contributed by atoms with Crippen LogP contribution < -0.4 is 10.3 Å². The summed E-state index contributed by atoms with van der Waals surface area (Å²) in [5.41, 5.74) is 2.72. The summed E-state index contributed by atoms with van der Waals surface area (Å²) < 4.78 is 26.0. The minimum atomic E-state index is -0.548. The number of aromatic amines is 1. The summed E-state index contributed by atoms with van der Waals surface area (Å²) in [5, 5.41) is 0.407. The number of aromatic nitrogens is 3. The van der Waals surface area contributed by atoms with E-state index in [0.717, 1.165) is 0 Å². The molecule has 1 aliphatic rings. The molecular formula is C29H29FN4O4. The van der Waals surface area contributed by atoms with Gasteiger partial charge in [-0.2, -0.15) is 0 Å². The Morgan fingerprint density at radius 2 is 1.92 bits per heavy atom. The molecule has 5 rings (SSSR count). The minimum Gasteiger partial charge on any atom is -0.470 e. The Kier molecular flexibility index (Phi) is 6.94. The average molecular weight is 517 g/mol. The number of pyridine rings is 1. The van der Waals surface area contributed by atoms with E-state index in [1.807, 2.05) is 20.8 Å². The number of carbonyl (C=O) groups is 1.